The second-order valence-corrected chi connectivity index (χ2v) is 4.43. The number of H-pyrrole nitrogens is 1. The molecule has 0 aliphatic rings. The molecule has 100 valence electrons. The fourth-order valence-electron chi connectivity index (χ4n) is 2.16. The molecule has 0 unspecified atom stereocenters. The van der Waals surface area contributed by atoms with Gasteiger partial charge < -0.3 is 10.1 Å². The van der Waals surface area contributed by atoms with Crippen LogP contribution in [0, 0.1) is 6.92 Å². The molecule has 2 heterocycles. The minimum atomic E-state index is -1.13. The van der Waals surface area contributed by atoms with Crippen LogP contribution in [-0.4, -0.2) is 25.7 Å². The van der Waals surface area contributed by atoms with E-state index in [1.807, 2.05) is 30.3 Å². The lowest BCUT2D eigenvalue weighted by molar-refractivity contribution is 0.0690. The predicted octanol–water partition coefficient (Wildman–Crippen LogP) is 1.70. The van der Waals surface area contributed by atoms with E-state index in [2.05, 4.69) is 10.1 Å². The van der Waals surface area contributed by atoms with E-state index < -0.39 is 5.97 Å². The number of hydrogen-bond acceptors (Lipinski definition) is 3. The first-order chi connectivity index (χ1) is 9.58. The number of benzene rings is 1. The number of nitrogens with one attached hydrogen (secondary N) is 1. The summed E-state index contributed by atoms with van der Waals surface area (Å²) in [6.45, 7) is 1.68. The molecule has 0 aliphatic carbocycles. The molecule has 0 bridgehead atoms. The molecule has 2 N–H and O–H groups in total. The Morgan fingerprint density at radius 2 is 2.00 bits per heavy atom. The van der Waals surface area contributed by atoms with Crippen LogP contribution in [0.1, 0.15) is 16.1 Å². The Morgan fingerprint density at radius 1 is 1.30 bits per heavy atom. The van der Waals surface area contributed by atoms with Gasteiger partial charge in [0.15, 0.2) is 5.69 Å². The van der Waals surface area contributed by atoms with Crippen LogP contribution in [0.3, 0.4) is 0 Å². The number of carbonyl (C=O) groups is 1. The van der Waals surface area contributed by atoms with Gasteiger partial charge in [-0.1, -0.05) is 30.3 Å². The summed E-state index contributed by atoms with van der Waals surface area (Å²) in [6.07, 6.45) is 0. The number of aromatic nitrogens is 3. The van der Waals surface area contributed by atoms with E-state index in [0.29, 0.717) is 16.9 Å². The highest BCUT2D eigenvalue weighted by atomic mass is 16.4. The highest BCUT2D eigenvalue weighted by Crippen LogP contribution is 2.21. The molecule has 0 saturated carbocycles. The quantitative estimate of drug-likeness (QED) is 0.741. The van der Waals surface area contributed by atoms with Gasteiger partial charge in [0.25, 0.3) is 5.56 Å². The van der Waals surface area contributed by atoms with Crippen LogP contribution >= 0.6 is 0 Å². The summed E-state index contributed by atoms with van der Waals surface area (Å²) in [5.74, 6) is -1.13. The first-order valence-corrected chi connectivity index (χ1v) is 5.99. The van der Waals surface area contributed by atoms with E-state index in [0.717, 1.165) is 5.56 Å². The molecule has 1 aromatic carbocycles. The van der Waals surface area contributed by atoms with Crippen LogP contribution in [0.25, 0.3) is 16.9 Å². The molecule has 0 saturated heterocycles. The standard InChI is InChI=1S/C14H11N3O3/c1-8-12(9-5-3-2-4-6-9)17-11(15-13(8)18)7-10(16-17)14(19)20/h2-7H,1H3,(H,15,18)(H,19,20). The smallest absolute Gasteiger partial charge is 0.356 e. The zero-order valence-electron chi connectivity index (χ0n) is 10.6. The molecule has 6 heteroatoms. The zero-order valence-corrected chi connectivity index (χ0v) is 10.6. The van der Waals surface area contributed by atoms with E-state index in [-0.39, 0.29) is 11.3 Å². The van der Waals surface area contributed by atoms with Crippen molar-refractivity contribution < 1.29 is 9.90 Å². The first-order valence-electron chi connectivity index (χ1n) is 5.99. The Bertz CT molecular complexity index is 862. The number of hydrogen-bond donors (Lipinski definition) is 2. The number of aromatic amines is 1. The third-order valence-electron chi connectivity index (χ3n) is 3.12. The number of aromatic carboxylic acids is 1. The van der Waals surface area contributed by atoms with E-state index in [4.69, 9.17) is 5.11 Å². The largest absolute Gasteiger partial charge is 0.476 e. The van der Waals surface area contributed by atoms with Gasteiger partial charge in [-0.15, -0.1) is 0 Å². The molecule has 0 fully saturated rings. The number of carboxylic acids is 1. The van der Waals surface area contributed by atoms with Gasteiger partial charge in [-0.25, -0.2) is 9.31 Å². The Labute approximate surface area is 113 Å². The maximum absolute atomic E-state index is 12.0. The summed E-state index contributed by atoms with van der Waals surface area (Å²) < 4.78 is 1.45. The van der Waals surface area contributed by atoms with Gasteiger partial charge >= 0.3 is 5.97 Å². The summed E-state index contributed by atoms with van der Waals surface area (Å²) in [4.78, 5) is 25.6. The average molecular weight is 269 g/mol. The number of rotatable bonds is 2. The van der Waals surface area contributed by atoms with Crippen molar-refractivity contribution in [2.45, 2.75) is 6.92 Å². The molecular formula is C14H11N3O3. The van der Waals surface area contributed by atoms with Gasteiger partial charge in [-0.05, 0) is 6.92 Å². The Morgan fingerprint density at radius 3 is 2.65 bits per heavy atom. The van der Waals surface area contributed by atoms with Crippen molar-refractivity contribution in [3.63, 3.8) is 0 Å². The number of carboxylic acid groups (broad SMARTS) is 1. The van der Waals surface area contributed by atoms with Crippen molar-refractivity contribution in [2.75, 3.05) is 0 Å². The maximum atomic E-state index is 12.0. The van der Waals surface area contributed by atoms with E-state index in [1.165, 1.54) is 10.6 Å². The zero-order chi connectivity index (χ0) is 14.3. The van der Waals surface area contributed by atoms with Crippen LogP contribution in [0.2, 0.25) is 0 Å². The van der Waals surface area contributed by atoms with Crippen molar-refractivity contribution in [3.05, 3.63) is 58.0 Å². The molecule has 20 heavy (non-hydrogen) atoms. The highest BCUT2D eigenvalue weighted by molar-refractivity contribution is 5.87. The monoisotopic (exact) mass is 269 g/mol. The van der Waals surface area contributed by atoms with Crippen molar-refractivity contribution in [1.29, 1.82) is 0 Å². The molecular weight excluding hydrogens is 258 g/mol. The van der Waals surface area contributed by atoms with Gasteiger partial charge in [0.05, 0.1) is 5.69 Å². The SMILES string of the molecule is Cc1c(-c2ccccc2)n2nc(C(=O)O)cc2[nH]c1=O. The molecule has 6 nitrogen and oxygen atoms in total. The third kappa shape index (κ3) is 1.78. The van der Waals surface area contributed by atoms with Gasteiger partial charge in [0, 0.05) is 17.2 Å². The summed E-state index contributed by atoms with van der Waals surface area (Å²) in [5.41, 5.74) is 1.88. The van der Waals surface area contributed by atoms with Crippen molar-refractivity contribution in [3.8, 4) is 11.3 Å². The Balaban J connectivity index is 2.42. The van der Waals surface area contributed by atoms with Gasteiger partial charge in [-0.3, -0.25) is 4.79 Å². The van der Waals surface area contributed by atoms with E-state index >= 15 is 0 Å². The molecule has 3 aromatic rings. The third-order valence-corrected chi connectivity index (χ3v) is 3.12. The topological polar surface area (TPSA) is 87.5 Å². The fourth-order valence-corrected chi connectivity index (χ4v) is 2.16. The summed E-state index contributed by atoms with van der Waals surface area (Å²) in [7, 11) is 0. The lowest BCUT2D eigenvalue weighted by Gasteiger charge is -2.07. The molecule has 0 atom stereocenters. The second kappa shape index (κ2) is 4.34. The van der Waals surface area contributed by atoms with Gasteiger partial charge in [0.1, 0.15) is 5.65 Å². The van der Waals surface area contributed by atoms with Crippen LogP contribution in [0.5, 0.6) is 0 Å². The van der Waals surface area contributed by atoms with Crippen LogP contribution in [0.4, 0.5) is 0 Å². The minimum Gasteiger partial charge on any atom is -0.476 e. The number of nitrogens with zero attached hydrogens (tertiary/aromatic N) is 2. The molecule has 2 aromatic heterocycles. The molecule has 0 radical (unpaired) electrons. The van der Waals surface area contributed by atoms with Gasteiger partial charge in [-0.2, -0.15) is 5.10 Å². The molecule has 0 aliphatic heterocycles. The Hall–Kier alpha value is -2.89. The van der Waals surface area contributed by atoms with Crippen LogP contribution < -0.4 is 5.56 Å². The predicted molar refractivity (Wildman–Crippen MR) is 72.9 cm³/mol. The maximum Gasteiger partial charge on any atom is 0.356 e. The normalized spacial score (nSPS) is 10.8. The molecule has 0 spiro atoms. The fraction of sp³-hybridized carbons (Fsp3) is 0.0714. The molecule has 3 rings (SSSR count). The van der Waals surface area contributed by atoms with Crippen LogP contribution in [-0.2, 0) is 0 Å². The van der Waals surface area contributed by atoms with E-state index in [9.17, 15) is 9.59 Å². The van der Waals surface area contributed by atoms with Crippen molar-refractivity contribution >= 4 is 11.6 Å². The lowest BCUT2D eigenvalue weighted by atomic mass is 10.1. The first kappa shape index (κ1) is 12.2. The van der Waals surface area contributed by atoms with Crippen molar-refractivity contribution in [2.24, 2.45) is 0 Å². The summed E-state index contributed by atoms with van der Waals surface area (Å²) in [6, 6.07) is 10.6. The van der Waals surface area contributed by atoms with Gasteiger partial charge in [0.2, 0.25) is 0 Å². The number of fused-ring (bicyclic) bond motifs is 1. The average Bonchev–Trinajstić information content (AvgIpc) is 2.84. The van der Waals surface area contributed by atoms with E-state index in [1.54, 1.807) is 6.92 Å². The minimum absolute atomic E-state index is 0.108. The Kier molecular flexibility index (Phi) is 2.64. The van der Waals surface area contributed by atoms with Crippen LogP contribution in [0.15, 0.2) is 41.2 Å². The van der Waals surface area contributed by atoms with Crippen molar-refractivity contribution in [1.82, 2.24) is 14.6 Å². The molecule has 0 amide bonds. The summed E-state index contributed by atoms with van der Waals surface area (Å²) in [5, 5.41) is 13.1. The second-order valence-electron chi connectivity index (χ2n) is 4.43. The summed E-state index contributed by atoms with van der Waals surface area (Å²) >= 11 is 0. The lowest BCUT2D eigenvalue weighted by Crippen LogP contribution is -2.15. The highest BCUT2D eigenvalue weighted by Gasteiger charge is 2.16.